The van der Waals surface area contributed by atoms with Gasteiger partial charge in [-0.05, 0) is 66.9 Å². The molecule has 0 radical (unpaired) electrons. The van der Waals surface area contributed by atoms with Crippen molar-refractivity contribution in [2.45, 2.75) is 13.3 Å². The predicted molar refractivity (Wildman–Crippen MR) is 120 cm³/mol. The lowest BCUT2D eigenvalue weighted by molar-refractivity contribution is 0.102. The van der Waals surface area contributed by atoms with Gasteiger partial charge in [0, 0.05) is 12.2 Å². The third kappa shape index (κ3) is 5.82. The Morgan fingerprint density at radius 2 is 1.71 bits per heavy atom. The van der Waals surface area contributed by atoms with Gasteiger partial charge in [-0.3, -0.25) is 4.79 Å². The molecule has 5 nitrogen and oxygen atoms in total. The third-order valence-electron chi connectivity index (χ3n) is 4.62. The van der Waals surface area contributed by atoms with Gasteiger partial charge in [0.05, 0.1) is 11.3 Å². The van der Waals surface area contributed by atoms with Gasteiger partial charge in [-0.15, -0.1) is 0 Å². The van der Waals surface area contributed by atoms with Crippen molar-refractivity contribution in [3.63, 3.8) is 0 Å². The molecule has 3 aromatic carbocycles. The van der Waals surface area contributed by atoms with Crippen molar-refractivity contribution in [2.75, 3.05) is 16.2 Å². The number of hydrogen-bond donors (Lipinski definition) is 3. The predicted octanol–water partition coefficient (Wildman–Crippen LogP) is 5.13. The number of thiol groups is 1. The fraction of sp³-hybridized carbons (Fsp3) is 0.130. The van der Waals surface area contributed by atoms with Gasteiger partial charge in [0.25, 0.3) is 5.91 Å². The van der Waals surface area contributed by atoms with Crippen LogP contribution in [0.25, 0.3) is 0 Å². The van der Waals surface area contributed by atoms with Gasteiger partial charge in [0.15, 0.2) is 0 Å². The first-order valence-electron chi connectivity index (χ1n) is 9.53. The normalized spacial score (nSPS) is 10.5. The molecule has 2 N–H and O–H groups in total. The molecule has 3 aromatic rings. The lowest BCUT2D eigenvalue weighted by atomic mass is 10.1. The molecule has 0 atom stereocenters. The van der Waals surface area contributed by atoms with Gasteiger partial charge >= 0.3 is 6.03 Å². The minimum absolute atomic E-state index is 0.0534. The van der Waals surface area contributed by atoms with Crippen LogP contribution in [0.1, 0.15) is 21.5 Å². The maximum Gasteiger partial charge on any atom is 0.331 e. The molecule has 3 amide bonds. The van der Waals surface area contributed by atoms with E-state index >= 15 is 0 Å². The van der Waals surface area contributed by atoms with Crippen molar-refractivity contribution in [2.24, 2.45) is 0 Å². The molecule has 3 rings (SSSR count). The first-order chi connectivity index (χ1) is 14.8. The first kappa shape index (κ1) is 22.3. The summed E-state index contributed by atoms with van der Waals surface area (Å²) in [5.41, 5.74) is 2.53. The molecule has 160 valence electrons. The van der Waals surface area contributed by atoms with Crippen molar-refractivity contribution in [1.82, 2.24) is 5.32 Å². The van der Waals surface area contributed by atoms with E-state index in [1.54, 1.807) is 43.3 Å². The molecule has 0 aromatic heterocycles. The van der Waals surface area contributed by atoms with Crippen LogP contribution in [0, 0.1) is 18.6 Å². The molecule has 0 heterocycles. The number of anilines is 2. The highest BCUT2D eigenvalue weighted by Gasteiger charge is 2.15. The van der Waals surface area contributed by atoms with Crippen molar-refractivity contribution >= 4 is 36.1 Å². The Kier molecular flexibility index (Phi) is 7.25. The number of carbonyl (C=O) groups is 2. The average molecular weight is 442 g/mol. The topological polar surface area (TPSA) is 61.4 Å². The van der Waals surface area contributed by atoms with Crippen LogP contribution in [0.15, 0.2) is 66.7 Å². The molecule has 0 spiro atoms. The number of benzene rings is 3. The lowest BCUT2D eigenvalue weighted by Crippen LogP contribution is -2.35. The van der Waals surface area contributed by atoms with Crippen molar-refractivity contribution < 1.29 is 18.4 Å². The lowest BCUT2D eigenvalue weighted by Gasteiger charge is -2.18. The Morgan fingerprint density at radius 1 is 1.00 bits per heavy atom. The van der Waals surface area contributed by atoms with Crippen LogP contribution in [0.4, 0.5) is 25.0 Å². The summed E-state index contributed by atoms with van der Waals surface area (Å²) in [5.74, 6) is -1.47. The largest absolute Gasteiger partial charge is 0.337 e. The highest BCUT2D eigenvalue weighted by Crippen LogP contribution is 2.24. The number of nitrogens with zero attached hydrogens (tertiary/aromatic N) is 1. The number of nitrogens with one attached hydrogen (secondary N) is 2. The minimum atomic E-state index is -0.604. The van der Waals surface area contributed by atoms with Crippen LogP contribution in [0.5, 0.6) is 0 Å². The maximum absolute atomic E-state index is 13.8. The van der Waals surface area contributed by atoms with Gasteiger partial charge in [-0.25, -0.2) is 17.9 Å². The molecule has 0 unspecified atom stereocenters. The summed E-state index contributed by atoms with van der Waals surface area (Å²) in [7, 11) is 0. The monoisotopic (exact) mass is 441 g/mol. The molecule has 0 bridgehead atoms. The summed E-state index contributed by atoms with van der Waals surface area (Å²) >= 11 is 4.25. The van der Waals surface area contributed by atoms with E-state index in [-0.39, 0.29) is 11.4 Å². The van der Waals surface area contributed by atoms with Crippen LogP contribution in [0.3, 0.4) is 0 Å². The van der Waals surface area contributed by atoms with E-state index in [1.807, 2.05) is 0 Å². The third-order valence-corrected chi connectivity index (χ3v) is 5.03. The number of aryl methyl sites for hydroxylation is 1. The average Bonchev–Trinajstić information content (AvgIpc) is 2.76. The SMILES string of the molecule is Cc1cc(N(S)C(=O)NCCc2ccc(F)cc2)ccc1NC(=O)c1ccccc1F. The zero-order valence-corrected chi connectivity index (χ0v) is 17.6. The van der Waals surface area contributed by atoms with E-state index in [4.69, 9.17) is 0 Å². The van der Waals surface area contributed by atoms with Crippen molar-refractivity contribution in [3.05, 3.63) is 95.1 Å². The second-order valence-electron chi connectivity index (χ2n) is 6.85. The Bertz CT molecular complexity index is 1090. The maximum atomic E-state index is 13.8. The molecule has 0 saturated carbocycles. The van der Waals surface area contributed by atoms with E-state index in [1.165, 1.54) is 30.3 Å². The van der Waals surface area contributed by atoms with Crippen molar-refractivity contribution in [3.8, 4) is 0 Å². The Balaban J connectivity index is 1.59. The van der Waals surface area contributed by atoms with E-state index in [0.717, 1.165) is 9.87 Å². The first-order valence-corrected chi connectivity index (χ1v) is 9.93. The van der Waals surface area contributed by atoms with Crippen LogP contribution < -0.4 is 14.9 Å². The summed E-state index contributed by atoms with van der Waals surface area (Å²) in [6.07, 6.45) is 0.549. The fourth-order valence-electron chi connectivity index (χ4n) is 2.91. The smallest absolute Gasteiger partial charge is 0.331 e. The number of amides is 3. The molecule has 8 heteroatoms. The molecule has 31 heavy (non-hydrogen) atoms. The van der Waals surface area contributed by atoms with Crippen LogP contribution in [0.2, 0.25) is 0 Å². The highest BCUT2D eigenvalue weighted by molar-refractivity contribution is 7.82. The molecule has 0 saturated heterocycles. The second kappa shape index (κ2) is 10.1. The van der Waals surface area contributed by atoms with E-state index in [2.05, 4.69) is 23.4 Å². The van der Waals surface area contributed by atoms with Gasteiger partial charge in [0.1, 0.15) is 11.6 Å². The highest BCUT2D eigenvalue weighted by atomic mass is 32.1. The number of urea groups is 1. The second-order valence-corrected chi connectivity index (χ2v) is 7.25. The number of hydrogen-bond acceptors (Lipinski definition) is 3. The van der Waals surface area contributed by atoms with Crippen LogP contribution in [-0.2, 0) is 6.42 Å². The number of rotatable bonds is 6. The number of halogens is 2. The summed E-state index contributed by atoms with van der Waals surface area (Å²) in [4.78, 5) is 24.7. The molecule has 0 fully saturated rings. The van der Waals surface area contributed by atoms with Gasteiger partial charge in [-0.2, -0.15) is 0 Å². The molecule has 0 aliphatic rings. The fourth-order valence-corrected chi connectivity index (χ4v) is 3.11. The summed E-state index contributed by atoms with van der Waals surface area (Å²) in [5, 5.41) is 5.41. The van der Waals surface area contributed by atoms with E-state index in [0.29, 0.717) is 29.9 Å². The van der Waals surface area contributed by atoms with E-state index in [9.17, 15) is 18.4 Å². The number of carbonyl (C=O) groups excluding carboxylic acids is 2. The van der Waals surface area contributed by atoms with Gasteiger partial charge in [0.2, 0.25) is 0 Å². The summed E-state index contributed by atoms with van der Waals surface area (Å²) in [6, 6.07) is 16.3. The van der Waals surface area contributed by atoms with Crippen LogP contribution in [-0.4, -0.2) is 18.5 Å². The zero-order chi connectivity index (χ0) is 22.4. The van der Waals surface area contributed by atoms with Gasteiger partial charge < -0.3 is 10.6 Å². The quantitative estimate of drug-likeness (QED) is 0.465. The Labute approximate surface area is 184 Å². The minimum Gasteiger partial charge on any atom is -0.337 e. The zero-order valence-electron chi connectivity index (χ0n) is 16.7. The van der Waals surface area contributed by atoms with Crippen LogP contribution >= 0.6 is 12.8 Å². The summed E-state index contributed by atoms with van der Waals surface area (Å²) in [6.45, 7) is 2.12. The molecular formula is C23H21F2N3O2S. The molecule has 0 aliphatic heterocycles. The van der Waals surface area contributed by atoms with E-state index < -0.39 is 17.8 Å². The standard InChI is InChI=1S/C23H21F2N3O2S/c1-15-14-18(10-11-21(15)27-22(29)19-4-2-3-5-20(19)25)28(31)23(30)26-13-12-16-6-8-17(24)9-7-16/h2-11,14,31H,12-13H2,1H3,(H,26,30)(H,27,29). The molecule has 0 aliphatic carbocycles. The van der Waals surface area contributed by atoms with Gasteiger partial charge in [-0.1, -0.05) is 37.1 Å². The Hall–Kier alpha value is -3.39. The summed E-state index contributed by atoms with van der Waals surface area (Å²) < 4.78 is 27.9. The molecular weight excluding hydrogens is 420 g/mol. The van der Waals surface area contributed by atoms with Crippen molar-refractivity contribution in [1.29, 1.82) is 0 Å². The Morgan fingerprint density at radius 3 is 2.39 bits per heavy atom.